The van der Waals surface area contributed by atoms with E-state index in [1.807, 2.05) is 35.9 Å². The Kier molecular flexibility index (Phi) is 6.04. The van der Waals surface area contributed by atoms with Crippen LogP contribution < -0.4 is 9.47 Å². The van der Waals surface area contributed by atoms with E-state index in [1.54, 1.807) is 20.4 Å². The quantitative estimate of drug-likeness (QED) is 0.375. The molecular formula is C24H21F3N4O2. The fourth-order valence-electron chi connectivity index (χ4n) is 3.41. The van der Waals surface area contributed by atoms with E-state index in [-0.39, 0.29) is 11.6 Å². The zero-order valence-corrected chi connectivity index (χ0v) is 18.2. The van der Waals surface area contributed by atoms with Crippen LogP contribution in [0.25, 0.3) is 5.69 Å². The lowest BCUT2D eigenvalue weighted by Gasteiger charge is -2.14. The van der Waals surface area contributed by atoms with Crippen molar-refractivity contribution in [2.75, 3.05) is 7.11 Å². The Morgan fingerprint density at radius 2 is 1.73 bits per heavy atom. The van der Waals surface area contributed by atoms with Crippen LogP contribution in [0.2, 0.25) is 0 Å². The standard InChI is InChI=1S/C24H21F3N4O2/c1-15-10-23(33-20-7-5-4-6-18(20)24(25,26)27)30-22(29-15)12-17-8-9-19(21(11-17)32-3)31-13-16(2)28-14-31/h4-11,13-14H,12H2,1-3H3. The van der Waals surface area contributed by atoms with Gasteiger partial charge < -0.3 is 14.0 Å². The van der Waals surface area contributed by atoms with Gasteiger partial charge in [-0.2, -0.15) is 18.2 Å². The molecule has 0 fully saturated rings. The topological polar surface area (TPSA) is 62.1 Å². The molecule has 0 bridgehead atoms. The summed E-state index contributed by atoms with van der Waals surface area (Å²) in [5, 5.41) is 0. The number of hydrogen-bond acceptors (Lipinski definition) is 5. The van der Waals surface area contributed by atoms with Gasteiger partial charge in [-0.25, -0.2) is 9.97 Å². The van der Waals surface area contributed by atoms with Crippen LogP contribution in [0.3, 0.4) is 0 Å². The highest BCUT2D eigenvalue weighted by atomic mass is 19.4. The van der Waals surface area contributed by atoms with E-state index in [9.17, 15) is 13.2 Å². The first-order valence-electron chi connectivity index (χ1n) is 10.1. The zero-order chi connectivity index (χ0) is 23.6. The van der Waals surface area contributed by atoms with E-state index < -0.39 is 11.7 Å². The summed E-state index contributed by atoms with van der Waals surface area (Å²) in [6.07, 6.45) is -0.589. The van der Waals surface area contributed by atoms with Gasteiger partial charge in [0.05, 0.1) is 30.4 Å². The Labute approximate surface area is 188 Å². The Morgan fingerprint density at radius 3 is 2.42 bits per heavy atom. The maximum absolute atomic E-state index is 13.3. The molecule has 0 atom stereocenters. The van der Waals surface area contributed by atoms with Gasteiger partial charge in [0.25, 0.3) is 0 Å². The highest BCUT2D eigenvalue weighted by molar-refractivity contribution is 5.49. The second kappa shape index (κ2) is 8.93. The maximum atomic E-state index is 13.3. The molecule has 2 heterocycles. The van der Waals surface area contributed by atoms with Crippen molar-refractivity contribution >= 4 is 0 Å². The molecule has 2 aromatic heterocycles. The fraction of sp³-hybridized carbons (Fsp3) is 0.208. The summed E-state index contributed by atoms with van der Waals surface area (Å²) < 4.78 is 52.8. The molecule has 4 rings (SSSR count). The highest BCUT2D eigenvalue weighted by Gasteiger charge is 2.34. The average molecular weight is 454 g/mol. The second-order valence-corrected chi connectivity index (χ2v) is 7.47. The minimum Gasteiger partial charge on any atom is -0.495 e. The summed E-state index contributed by atoms with van der Waals surface area (Å²) in [4.78, 5) is 13.0. The van der Waals surface area contributed by atoms with Gasteiger partial charge >= 0.3 is 6.18 Å². The van der Waals surface area contributed by atoms with E-state index in [1.165, 1.54) is 24.3 Å². The SMILES string of the molecule is COc1cc(Cc2nc(C)cc(Oc3ccccc3C(F)(F)F)n2)ccc1-n1cnc(C)c1. The molecule has 0 aliphatic carbocycles. The molecule has 0 radical (unpaired) electrons. The van der Waals surface area contributed by atoms with Gasteiger partial charge in [-0.3, -0.25) is 0 Å². The number of imidazole rings is 1. The van der Waals surface area contributed by atoms with Crippen molar-refractivity contribution in [3.8, 4) is 23.1 Å². The molecule has 0 unspecified atom stereocenters. The number of benzene rings is 2. The van der Waals surface area contributed by atoms with Gasteiger partial charge in [0.1, 0.15) is 17.3 Å². The van der Waals surface area contributed by atoms with E-state index >= 15 is 0 Å². The van der Waals surface area contributed by atoms with Gasteiger partial charge in [-0.05, 0) is 43.7 Å². The molecule has 170 valence electrons. The van der Waals surface area contributed by atoms with Crippen LogP contribution in [-0.4, -0.2) is 26.6 Å². The molecule has 2 aromatic carbocycles. The predicted molar refractivity (Wildman–Crippen MR) is 116 cm³/mol. The summed E-state index contributed by atoms with van der Waals surface area (Å²) in [5.74, 6) is 0.804. The number of nitrogens with zero attached hydrogens (tertiary/aromatic N) is 4. The summed E-state index contributed by atoms with van der Waals surface area (Å²) in [7, 11) is 1.58. The number of methoxy groups -OCH3 is 1. The van der Waals surface area contributed by atoms with E-state index in [0.29, 0.717) is 23.7 Å². The van der Waals surface area contributed by atoms with Gasteiger partial charge in [0, 0.05) is 24.4 Å². The van der Waals surface area contributed by atoms with Crippen LogP contribution in [0.5, 0.6) is 17.4 Å². The lowest BCUT2D eigenvalue weighted by molar-refractivity contribution is -0.138. The lowest BCUT2D eigenvalue weighted by atomic mass is 10.1. The first-order chi connectivity index (χ1) is 15.7. The van der Waals surface area contributed by atoms with E-state index in [0.717, 1.165) is 23.0 Å². The van der Waals surface area contributed by atoms with Crippen molar-refractivity contribution in [1.29, 1.82) is 0 Å². The van der Waals surface area contributed by atoms with Crippen molar-refractivity contribution in [1.82, 2.24) is 19.5 Å². The lowest BCUT2D eigenvalue weighted by Crippen LogP contribution is -2.08. The molecule has 6 nitrogen and oxygen atoms in total. The van der Waals surface area contributed by atoms with Crippen LogP contribution in [0.15, 0.2) is 61.1 Å². The second-order valence-electron chi connectivity index (χ2n) is 7.47. The van der Waals surface area contributed by atoms with Crippen LogP contribution >= 0.6 is 0 Å². The van der Waals surface area contributed by atoms with Crippen LogP contribution in [0, 0.1) is 13.8 Å². The largest absolute Gasteiger partial charge is 0.495 e. The average Bonchev–Trinajstić information content (AvgIpc) is 3.19. The van der Waals surface area contributed by atoms with Crippen molar-refractivity contribution in [2.24, 2.45) is 0 Å². The van der Waals surface area contributed by atoms with Crippen molar-refractivity contribution in [3.05, 3.63) is 89.4 Å². The number of alkyl halides is 3. The fourth-order valence-corrected chi connectivity index (χ4v) is 3.41. The number of para-hydroxylation sites is 1. The highest BCUT2D eigenvalue weighted by Crippen LogP contribution is 2.37. The molecule has 0 aliphatic heterocycles. The molecule has 9 heteroatoms. The molecule has 0 amide bonds. The molecule has 0 saturated heterocycles. The zero-order valence-electron chi connectivity index (χ0n) is 18.2. The minimum absolute atomic E-state index is 0.0478. The summed E-state index contributed by atoms with van der Waals surface area (Å²) in [6, 6.07) is 12.2. The normalized spacial score (nSPS) is 11.5. The van der Waals surface area contributed by atoms with Crippen LogP contribution in [0.4, 0.5) is 13.2 Å². The number of hydrogen-bond donors (Lipinski definition) is 0. The summed E-state index contributed by atoms with van der Waals surface area (Å²) in [5.41, 5.74) is 2.31. The van der Waals surface area contributed by atoms with Crippen molar-refractivity contribution in [2.45, 2.75) is 26.4 Å². The third kappa shape index (κ3) is 5.14. The number of ether oxygens (including phenoxy) is 2. The number of aromatic nitrogens is 4. The van der Waals surface area contributed by atoms with Gasteiger partial charge in [-0.15, -0.1) is 0 Å². The van der Waals surface area contributed by atoms with Crippen LogP contribution in [-0.2, 0) is 12.6 Å². The number of halogens is 3. The third-order valence-corrected chi connectivity index (χ3v) is 4.88. The smallest absolute Gasteiger partial charge is 0.419 e. The Morgan fingerprint density at radius 1 is 0.939 bits per heavy atom. The Balaban J connectivity index is 1.60. The third-order valence-electron chi connectivity index (χ3n) is 4.88. The minimum atomic E-state index is -4.53. The first-order valence-corrected chi connectivity index (χ1v) is 10.1. The first kappa shape index (κ1) is 22.3. The van der Waals surface area contributed by atoms with E-state index in [4.69, 9.17) is 9.47 Å². The summed E-state index contributed by atoms with van der Waals surface area (Å²) in [6.45, 7) is 3.64. The molecule has 0 saturated carbocycles. The predicted octanol–water partition coefficient (Wildman–Crippen LogP) is 5.69. The Hall–Kier alpha value is -3.88. The Bertz CT molecular complexity index is 1280. The molecule has 0 N–H and O–H groups in total. The van der Waals surface area contributed by atoms with Gasteiger partial charge in [0.2, 0.25) is 5.88 Å². The number of aryl methyl sites for hydroxylation is 2. The molecule has 0 spiro atoms. The monoisotopic (exact) mass is 454 g/mol. The van der Waals surface area contributed by atoms with Gasteiger partial charge in [-0.1, -0.05) is 18.2 Å². The number of rotatable bonds is 6. The molecule has 4 aromatic rings. The summed E-state index contributed by atoms with van der Waals surface area (Å²) >= 11 is 0. The molecule has 33 heavy (non-hydrogen) atoms. The van der Waals surface area contributed by atoms with Crippen LogP contribution in [0.1, 0.15) is 28.3 Å². The van der Waals surface area contributed by atoms with E-state index in [2.05, 4.69) is 15.0 Å². The van der Waals surface area contributed by atoms with Crippen molar-refractivity contribution < 1.29 is 22.6 Å². The van der Waals surface area contributed by atoms with Crippen molar-refractivity contribution in [3.63, 3.8) is 0 Å². The maximum Gasteiger partial charge on any atom is 0.419 e. The molecular weight excluding hydrogens is 433 g/mol. The molecule has 0 aliphatic rings. The van der Waals surface area contributed by atoms with Gasteiger partial charge in [0.15, 0.2) is 0 Å².